The van der Waals surface area contributed by atoms with E-state index in [2.05, 4.69) is 4.98 Å². The first kappa shape index (κ1) is 9.51. The molecule has 2 rings (SSSR count). The van der Waals surface area contributed by atoms with E-state index in [0.717, 1.165) is 5.76 Å². The fourth-order valence-electron chi connectivity index (χ4n) is 1.31. The van der Waals surface area contributed by atoms with Gasteiger partial charge in [0.05, 0.1) is 6.54 Å². The molecular weight excluding hydrogens is 196 g/mol. The molecule has 0 fully saturated rings. The molecule has 2 aromatic heterocycles. The van der Waals surface area contributed by atoms with Crippen LogP contribution >= 0.6 is 0 Å². The van der Waals surface area contributed by atoms with Crippen molar-refractivity contribution in [2.75, 3.05) is 0 Å². The first-order valence-electron chi connectivity index (χ1n) is 4.50. The van der Waals surface area contributed by atoms with E-state index in [1.165, 1.54) is 16.8 Å². The average Bonchev–Trinajstić information content (AvgIpc) is 2.56. The summed E-state index contributed by atoms with van der Waals surface area (Å²) in [5.74, 6) is 1.48. The van der Waals surface area contributed by atoms with Gasteiger partial charge in [0.15, 0.2) is 0 Å². The summed E-state index contributed by atoms with van der Waals surface area (Å²) >= 11 is 0. The lowest BCUT2D eigenvalue weighted by atomic mass is 10.4. The van der Waals surface area contributed by atoms with Crippen LogP contribution in [0.2, 0.25) is 0 Å². The Kier molecular flexibility index (Phi) is 2.29. The Morgan fingerprint density at radius 2 is 2.13 bits per heavy atom. The van der Waals surface area contributed by atoms with Crippen LogP contribution in [0, 0.1) is 6.92 Å². The van der Waals surface area contributed by atoms with Gasteiger partial charge >= 0.3 is 5.69 Å². The van der Waals surface area contributed by atoms with Gasteiger partial charge in [0, 0.05) is 12.3 Å². The molecule has 0 unspecified atom stereocenters. The molecule has 15 heavy (non-hydrogen) atoms. The molecule has 0 amide bonds. The molecule has 2 aromatic rings. The summed E-state index contributed by atoms with van der Waals surface area (Å²) in [6.45, 7) is 2.16. The van der Waals surface area contributed by atoms with Crippen molar-refractivity contribution in [2.24, 2.45) is 0 Å². The highest BCUT2D eigenvalue weighted by Crippen LogP contribution is 2.06. The van der Waals surface area contributed by atoms with Crippen LogP contribution in [0.5, 0.6) is 0 Å². The van der Waals surface area contributed by atoms with E-state index < -0.39 is 11.2 Å². The minimum absolute atomic E-state index is 0.323. The number of aromatic amines is 1. The zero-order chi connectivity index (χ0) is 10.8. The number of nitrogens with one attached hydrogen (secondary N) is 1. The molecule has 0 aliphatic carbocycles. The van der Waals surface area contributed by atoms with Gasteiger partial charge in [-0.2, -0.15) is 0 Å². The van der Waals surface area contributed by atoms with Crippen LogP contribution in [-0.2, 0) is 6.54 Å². The first-order chi connectivity index (χ1) is 7.15. The Balaban J connectivity index is 2.32. The summed E-state index contributed by atoms with van der Waals surface area (Å²) in [6, 6.07) is 4.93. The smallest absolute Gasteiger partial charge is 0.328 e. The molecule has 0 aliphatic heterocycles. The molecule has 0 radical (unpaired) electrons. The van der Waals surface area contributed by atoms with Crippen LogP contribution in [0.25, 0.3) is 0 Å². The predicted octanol–water partition coefficient (Wildman–Crippen LogP) is 0.486. The summed E-state index contributed by atoms with van der Waals surface area (Å²) in [7, 11) is 0. The van der Waals surface area contributed by atoms with E-state index in [9.17, 15) is 9.59 Å². The van der Waals surface area contributed by atoms with Crippen molar-refractivity contribution in [3.8, 4) is 0 Å². The lowest BCUT2D eigenvalue weighted by molar-refractivity contribution is 0.465. The van der Waals surface area contributed by atoms with Gasteiger partial charge in [-0.3, -0.25) is 14.3 Å². The van der Waals surface area contributed by atoms with Gasteiger partial charge in [0.1, 0.15) is 11.5 Å². The van der Waals surface area contributed by atoms with Crippen molar-refractivity contribution in [3.05, 3.63) is 56.8 Å². The monoisotopic (exact) mass is 206 g/mol. The maximum Gasteiger partial charge on any atom is 0.328 e. The second-order valence-corrected chi connectivity index (χ2v) is 3.25. The van der Waals surface area contributed by atoms with Gasteiger partial charge in [0.2, 0.25) is 0 Å². The highest BCUT2D eigenvalue weighted by atomic mass is 16.3. The average molecular weight is 206 g/mol. The molecule has 0 aromatic carbocycles. The maximum atomic E-state index is 11.3. The molecule has 2 heterocycles. The van der Waals surface area contributed by atoms with E-state index in [1.54, 1.807) is 6.07 Å². The van der Waals surface area contributed by atoms with Gasteiger partial charge in [-0.05, 0) is 19.1 Å². The lowest BCUT2D eigenvalue weighted by Gasteiger charge is -2.00. The summed E-state index contributed by atoms with van der Waals surface area (Å²) in [5, 5.41) is 0. The van der Waals surface area contributed by atoms with Gasteiger partial charge in [-0.15, -0.1) is 0 Å². The fraction of sp³-hybridized carbons (Fsp3) is 0.200. The molecule has 5 heteroatoms. The Hall–Kier alpha value is -2.04. The van der Waals surface area contributed by atoms with Crippen LogP contribution < -0.4 is 11.2 Å². The van der Waals surface area contributed by atoms with Crippen molar-refractivity contribution < 1.29 is 4.42 Å². The molecule has 0 saturated carbocycles. The van der Waals surface area contributed by atoms with Crippen LogP contribution in [0.15, 0.2) is 38.4 Å². The highest BCUT2D eigenvalue weighted by molar-refractivity contribution is 5.06. The summed E-state index contributed by atoms with van der Waals surface area (Å²) in [5.41, 5.74) is -0.830. The van der Waals surface area contributed by atoms with Gasteiger partial charge in [-0.25, -0.2) is 4.79 Å². The van der Waals surface area contributed by atoms with E-state index in [4.69, 9.17) is 4.42 Å². The van der Waals surface area contributed by atoms with E-state index in [1.807, 2.05) is 13.0 Å². The molecule has 1 N–H and O–H groups in total. The van der Waals surface area contributed by atoms with Crippen LogP contribution in [-0.4, -0.2) is 9.55 Å². The zero-order valence-electron chi connectivity index (χ0n) is 8.19. The van der Waals surface area contributed by atoms with Crippen molar-refractivity contribution >= 4 is 0 Å². The van der Waals surface area contributed by atoms with Crippen LogP contribution in [0.4, 0.5) is 0 Å². The Morgan fingerprint density at radius 1 is 1.33 bits per heavy atom. The van der Waals surface area contributed by atoms with Crippen LogP contribution in [0.1, 0.15) is 11.5 Å². The zero-order valence-corrected chi connectivity index (χ0v) is 8.19. The second-order valence-electron chi connectivity index (χ2n) is 3.25. The third-order valence-electron chi connectivity index (χ3n) is 2.02. The van der Waals surface area contributed by atoms with E-state index in [0.29, 0.717) is 12.3 Å². The predicted molar refractivity (Wildman–Crippen MR) is 53.9 cm³/mol. The minimum atomic E-state index is -0.434. The third-order valence-corrected chi connectivity index (χ3v) is 2.02. The molecular formula is C10H10N2O3. The van der Waals surface area contributed by atoms with Gasteiger partial charge in [0.25, 0.3) is 5.56 Å². The number of nitrogens with zero attached hydrogens (tertiary/aromatic N) is 1. The Bertz CT molecular complexity index is 577. The normalized spacial score (nSPS) is 10.5. The number of hydrogen-bond donors (Lipinski definition) is 1. The molecule has 0 aliphatic rings. The molecule has 78 valence electrons. The first-order valence-corrected chi connectivity index (χ1v) is 4.50. The number of rotatable bonds is 2. The maximum absolute atomic E-state index is 11.3. The van der Waals surface area contributed by atoms with Crippen molar-refractivity contribution in [1.82, 2.24) is 9.55 Å². The summed E-state index contributed by atoms with van der Waals surface area (Å²) < 4.78 is 6.70. The molecule has 0 atom stereocenters. The van der Waals surface area contributed by atoms with E-state index in [-0.39, 0.29) is 0 Å². The SMILES string of the molecule is Cc1ccc(Cn2ccc(=O)[nH]c2=O)o1. The standard InChI is InChI=1S/C10H10N2O3/c1-7-2-3-8(15-7)6-12-5-4-9(13)11-10(12)14/h2-5H,6H2,1H3,(H,11,13,14). The highest BCUT2D eigenvalue weighted by Gasteiger charge is 2.01. The largest absolute Gasteiger partial charge is 0.464 e. The topological polar surface area (TPSA) is 68.0 Å². The molecule has 5 nitrogen and oxygen atoms in total. The summed E-state index contributed by atoms with van der Waals surface area (Å²) in [6.07, 6.45) is 1.44. The fourth-order valence-corrected chi connectivity index (χ4v) is 1.31. The number of hydrogen-bond acceptors (Lipinski definition) is 3. The van der Waals surface area contributed by atoms with Gasteiger partial charge in [-0.1, -0.05) is 0 Å². The van der Waals surface area contributed by atoms with E-state index >= 15 is 0 Å². The molecule has 0 saturated heterocycles. The van der Waals surface area contributed by atoms with Crippen LogP contribution in [0.3, 0.4) is 0 Å². The Labute approximate surface area is 85.0 Å². The molecule has 0 bridgehead atoms. The number of aromatic nitrogens is 2. The quantitative estimate of drug-likeness (QED) is 0.777. The molecule has 0 spiro atoms. The number of aryl methyl sites for hydroxylation is 1. The Morgan fingerprint density at radius 3 is 2.73 bits per heavy atom. The lowest BCUT2D eigenvalue weighted by Crippen LogP contribution is -2.28. The van der Waals surface area contributed by atoms with Crippen molar-refractivity contribution in [1.29, 1.82) is 0 Å². The second kappa shape index (κ2) is 3.61. The van der Waals surface area contributed by atoms with Gasteiger partial charge < -0.3 is 4.42 Å². The third kappa shape index (κ3) is 2.07. The van der Waals surface area contributed by atoms with Crippen molar-refractivity contribution in [3.63, 3.8) is 0 Å². The minimum Gasteiger partial charge on any atom is -0.464 e. The summed E-state index contributed by atoms with van der Waals surface area (Å²) in [4.78, 5) is 24.3. The van der Waals surface area contributed by atoms with Crippen molar-refractivity contribution in [2.45, 2.75) is 13.5 Å². The number of H-pyrrole nitrogens is 1. The number of furan rings is 1.